The number of aromatic hydroxyl groups is 1. The lowest BCUT2D eigenvalue weighted by Crippen LogP contribution is -2.16. The first-order valence-electron chi connectivity index (χ1n) is 8.69. The van der Waals surface area contributed by atoms with E-state index in [4.69, 9.17) is 9.47 Å². The first-order chi connectivity index (χ1) is 13.2. The maximum absolute atomic E-state index is 12.2. The Morgan fingerprint density at radius 3 is 2.81 bits per heavy atom. The Labute approximate surface area is 160 Å². The third kappa shape index (κ3) is 4.11. The van der Waals surface area contributed by atoms with Gasteiger partial charge < -0.3 is 24.9 Å². The van der Waals surface area contributed by atoms with Gasteiger partial charge in [-0.1, -0.05) is 23.9 Å². The monoisotopic (exact) mass is 385 g/mol. The van der Waals surface area contributed by atoms with E-state index in [1.54, 1.807) is 17.8 Å². The van der Waals surface area contributed by atoms with Gasteiger partial charge in [-0.2, -0.15) is 0 Å². The van der Waals surface area contributed by atoms with Gasteiger partial charge in [0.15, 0.2) is 16.7 Å². The summed E-state index contributed by atoms with van der Waals surface area (Å²) in [4.78, 5) is 19.9. The van der Waals surface area contributed by atoms with Gasteiger partial charge in [0.05, 0.1) is 16.7 Å². The Hall–Kier alpha value is -2.87. The standard InChI is InChI=1S/C19H19N3O4S/c23-15-11-17-16(25-7-8-26-17)10-14(15)20-18(24)6-3-9-27-19-21-12-4-1-2-5-13(12)22-19/h1-2,4-5,10-11,23H,3,6-9H2,(H,20,24)(H,21,22). The SMILES string of the molecule is O=C(CCCSc1nc2ccccc2[nH]1)Nc1cc2c(cc1O)OCCO2. The number of anilines is 1. The van der Waals surface area contributed by atoms with Crippen LogP contribution in [0.5, 0.6) is 17.2 Å². The van der Waals surface area contributed by atoms with E-state index in [9.17, 15) is 9.90 Å². The summed E-state index contributed by atoms with van der Waals surface area (Å²) < 4.78 is 10.9. The molecule has 7 nitrogen and oxygen atoms in total. The summed E-state index contributed by atoms with van der Waals surface area (Å²) in [7, 11) is 0. The predicted octanol–water partition coefficient (Wildman–Crippen LogP) is 3.55. The maximum Gasteiger partial charge on any atom is 0.224 e. The molecule has 0 radical (unpaired) electrons. The van der Waals surface area contributed by atoms with E-state index in [2.05, 4.69) is 15.3 Å². The summed E-state index contributed by atoms with van der Waals surface area (Å²) >= 11 is 1.58. The molecule has 2 aromatic carbocycles. The van der Waals surface area contributed by atoms with Crippen LogP contribution in [0.3, 0.4) is 0 Å². The normalized spacial score (nSPS) is 12.9. The number of ether oxygens (including phenoxy) is 2. The zero-order chi connectivity index (χ0) is 18.6. The second kappa shape index (κ2) is 7.79. The lowest BCUT2D eigenvalue weighted by Gasteiger charge is -2.19. The molecule has 1 aliphatic heterocycles. The molecule has 1 aliphatic rings. The fraction of sp³-hybridized carbons (Fsp3) is 0.263. The molecule has 1 aromatic heterocycles. The summed E-state index contributed by atoms with van der Waals surface area (Å²) in [6, 6.07) is 10.9. The molecule has 0 bridgehead atoms. The van der Waals surface area contributed by atoms with Crippen molar-refractivity contribution in [3.63, 3.8) is 0 Å². The van der Waals surface area contributed by atoms with Crippen molar-refractivity contribution in [2.75, 3.05) is 24.3 Å². The number of H-pyrrole nitrogens is 1. The number of hydrogen-bond acceptors (Lipinski definition) is 6. The highest BCUT2D eigenvalue weighted by Crippen LogP contribution is 2.39. The molecule has 0 spiro atoms. The number of rotatable bonds is 6. The number of imidazole rings is 1. The Balaban J connectivity index is 1.27. The number of phenols is 1. The van der Waals surface area contributed by atoms with Crippen LogP contribution in [0.2, 0.25) is 0 Å². The molecule has 27 heavy (non-hydrogen) atoms. The number of benzene rings is 2. The van der Waals surface area contributed by atoms with Crippen LogP contribution < -0.4 is 14.8 Å². The summed E-state index contributed by atoms with van der Waals surface area (Å²) in [5.74, 6) is 1.57. The summed E-state index contributed by atoms with van der Waals surface area (Å²) in [6.45, 7) is 0.894. The fourth-order valence-corrected chi connectivity index (χ4v) is 3.62. The summed E-state index contributed by atoms with van der Waals surface area (Å²) in [5.41, 5.74) is 2.27. The number of carbonyl (C=O) groups excluding carboxylic acids is 1. The van der Waals surface area contributed by atoms with Gasteiger partial charge >= 0.3 is 0 Å². The topological polar surface area (TPSA) is 96.5 Å². The Bertz CT molecular complexity index is 940. The highest BCUT2D eigenvalue weighted by atomic mass is 32.2. The van der Waals surface area contributed by atoms with Gasteiger partial charge in [0.1, 0.15) is 19.0 Å². The Morgan fingerprint density at radius 1 is 1.22 bits per heavy atom. The van der Waals surface area contributed by atoms with Crippen molar-refractivity contribution in [1.29, 1.82) is 0 Å². The Kier molecular flexibility index (Phi) is 5.06. The minimum atomic E-state index is -0.160. The molecular weight excluding hydrogens is 366 g/mol. The zero-order valence-corrected chi connectivity index (χ0v) is 15.3. The van der Waals surface area contributed by atoms with Gasteiger partial charge in [0.25, 0.3) is 0 Å². The highest BCUT2D eigenvalue weighted by Gasteiger charge is 2.16. The second-order valence-corrected chi connectivity index (χ2v) is 7.16. The van der Waals surface area contributed by atoms with Crippen molar-refractivity contribution in [3.8, 4) is 17.2 Å². The van der Waals surface area contributed by atoms with Crippen LogP contribution in [0.25, 0.3) is 11.0 Å². The first-order valence-corrected chi connectivity index (χ1v) is 9.67. The molecular formula is C19H19N3O4S. The lowest BCUT2D eigenvalue weighted by atomic mass is 10.2. The van der Waals surface area contributed by atoms with Crippen molar-refractivity contribution in [1.82, 2.24) is 9.97 Å². The molecule has 0 saturated carbocycles. The number of amides is 1. The smallest absolute Gasteiger partial charge is 0.224 e. The van der Waals surface area contributed by atoms with Gasteiger partial charge in [-0.25, -0.2) is 4.98 Å². The van der Waals surface area contributed by atoms with Gasteiger partial charge in [-0.3, -0.25) is 4.79 Å². The van der Waals surface area contributed by atoms with Crippen LogP contribution in [0, 0.1) is 0 Å². The fourth-order valence-electron chi connectivity index (χ4n) is 2.79. The lowest BCUT2D eigenvalue weighted by molar-refractivity contribution is -0.116. The van der Waals surface area contributed by atoms with Crippen LogP contribution >= 0.6 is 11.8 Å². The van der Waals surface area contributed by atoms with Crippen LogP contribution in [0.15, 0.2) is 41.6 Å². The predicted molar refractivity (Wildman–Crippen MR) is 104 cm³/mol. The number of carbonyl (C=O) groups is 1. The van der Waals surface area contributed by atoms with E-state index in [1.807, 2.05) is 24.3 Å². The first kappa shape index (κ1) is 17.5. The van der Waals surface area contributed by atoms with Gasteiger partial charge in [-0.05, 0) is 18.6 Å². The van der Waals surface area contributed by atoms with Gasteiger partial charge in [0, 0.05) is 24.3 Å². The minimum absolute atomic E-state index is 0.0377. The molecule has 3 N–H and O–H groups in total. The van der Waals surface area contributed by atoms with E-state index in [0.29, 0.717) is 43.2 Å². The van der Waals surface area contributed by atoms with E-state index >= 15 is 0 Å². The highest BCUT2D eigenvalue weighted by molar-refractivity contribution is 7.99. The molecule has 0 fully saturated rings. The molecule has 2 heterocycles. The minimum Gasteiger partial charge on any atom is -0.506 e. The molecule has 0 unspecified atom stereocenters. The van der Waals surface area contributed by atoms with E-state index in [0.717, 1.165) is 21.9 Å². The van der Waals surface area contributed by atoms with Crippen molar-refractivity contribution < 1.29 is 19.4 Å². The molecule has 0 aliphatic carbocycles. The molecule has 1 amide bonds. The number of nitrogens with one attached hydrogen (secondary N) is 2. The average molecular weight is 385 g/mol. The quantitative estimate of drug-likeness (QED) is 0.341. The average Bonchev–Trinajstić information content (AvgIpc) is 3.09. The molecule has 4 rings (SSSR count). The van der Waals surface area contributed by atoms with Crippen LogP contribution in [-0.2, 0) is 4.79 Å². The number of phenolic OH excluding ortho intramolecular Hbond substituents is 1. The van der Waals surface area contributed by atoms with Gasteiger partial charge in [-0.15, -0.1) is 0 Å². The van der Waals surface area contributed by atoms with Crippen molar-refractivity contribution in [2.24, 2.45) is 0 Å². The number of thioether (sulfide) groups is 1. The van der Waals surface area contributed by atoms with Gasteiger partial charge in [0.2, 0.25) is 5.91 Å². The van der Waals surface area contributed by atoms with E-state index < -0.39 is 0 Å². The third-order valence-corrected chi connectivity index (χ3v) is 5.05. The molecule has 0 saturated heterocycles. The molecule has 8 heteroatoms. The molecule has 3 aromatic rings. The van der Waals surface area contributed by atoms with Crippen molar-refractivity contribution >= 4 is 34.4 Å². The maximum atomic E-state index is 12.2. The van der Waals surface area contributed by atoms with Crippen LogP contribution in [0.4, 0.5) is 5.69 Å². The van der Waals surface area contributed by atoms with Crippen molar-refractivity contribution in [3.05, 3.63) is 36.4 Å². The van der Waals surface area contributed by atoms with Crippen LogP contribution in [-0.4, -0.2) is 39.9 Å². The van der Waals surface area contributed by atoms with E-state index in [1.165, 1.54) is 6.07 Å². The number of nitrogens with zero attached hydrogens (tertiary/aromatic N) is 1. The Morgan fingerprint density at radius 2 is 2.00 bits per heavy atom. The summed E-state index contributed by atoms with van der Waals surface area (Å²) in [6.07, 6.45) is 1.04. The second-order valence-electron chi connectivity index (χ2n) is 6.07. The molecule has 140 valence electrons. The zero-order valence-electron chi connectivity index (χ0n) is 14.5. The van der Waals surface area contributed by atoms with Crippen LogP contribution in [0.1, 0.15) is 12.8 Å². The number of para-hydroxylation sites is 2. The third-order valence-electron chi connectivity index (χ3n) is 4.09. The largest absolute Gasteiger partial charge is 0.506 e. The number of fused-ring (bicyclic) bond motifs is 2. The van der Waals surface area contributed by atoms with E-state index in [-0.39, 0.29) is 11.7 Å². The molecule has 0 atom stereocenters. The number of aromatic nitrogens is 2. The summed E-state index contributed by atoms with van der Waals surface area (Å²) in [5, 5.41) is 13.6. The van der Waals surface area contributed by atoms with Crippen molar-refractivity contribution in [2.45, 2.75) is 18.0 Å². The number of aromatic amines is 1. The number of hydrogen-bond donors (Lipinski definition) is 3.